The van der Waals surface area contributed by atoms with Crippen molar-refractivity contribution in [2.45, 2.75) is 51.1 Å². The summed E-state index contributed by atoms with van der Waals surface area (Å²) in [4.78, 5) is 11.9. The third-order valence-corrected chi connectivity index (χ3v) is 3.84. The molecule has 2 rings (SSSR count). The molecule has 0 radical (unpaired) electrons. The Labute approximate surface area is 120 Å². The van der Waals surface area contributed by atoms with Crippen LogP contribution in [0.5, 0.6) is 0 Å². The van der Waals surface area contributed by atoms with E-state index in [1.807, 2.05) is 44.2 Å². The molecule has 1 aromatic carbocycles. The lowest BCUT2D eigenvalue weighted by Crippen LogP contribution is -2.34. The molecule has 1 aromatic rings. The van der Waals surface area contributed by atoms with Gasteiger partial charge < -0.3 is 14.2 Å². The molecular weight excluding hydrogens is 256 g/mol. The SMILES string of the molecule is CCC1(CC)O[C@@H](Cc2ccccc2)[C@H](C(=O)OC)O1. The fraction of sp³-hybridized carbons (Fsp3) is 0.562. The Bertz CT molecular complexity index is 439. The van der Waals surface area contributed by atoms with Gasteiger partial charge in [-0.25, -0.2) is 4.79 Å². The van der Waals surface area contributed by atoms with E-state index in [1.165, 1.54) is 7.11 Å². The van der Waals surface area contributed by atoms with Gasteiger partial charge in [-0.15, -0.1) is 0 Å². The highest BCUT2D eigenvalue weighted by atomic mass is 16.8. The fourth-order valence-corrected chi connectivity index (χ4v) is 2.57. The number of rotatable bonds is 5. The molecule has 20 heavy (non-hydrogen) atoms. The minimum Gasteiger partial charge on any atom is -0.467 e. The standard InChI is InChI=1S/C16H22O4/c1-4-16(5-2)19-13(14(20-16)15(17)18-3)11-12-9-7-6-8-10-12/h6-10,13-14H,4-5,11H2,1-3H3/t13-,14+/m0/s1. The van der Waals surface area contributed by atoms with E-state index < -0.39 is 11.9 Å². The Hall–Kier alpha value is -1.39. The van der Waals surface area contributed by atoms with Crippen LogP contribution in [0.3, 0.4) is 0 Å². The van der Waals surface area contributed by atoms with Crippen LogP contribution in [0.4, 0.5) is 0 Å². The summed E-state index contributed by atoms with van der Waals surface area (Å²) in [6, 6.07) is 9.97. The summed E-state index contributed by atoms with van der Waals surface area (Å²) in [5, 5.41) is 0. The van der Waals surface area contributed by atoms with Gasteiger partial charge in [0.05, 0.1) is 7.11 Å². The van der Waals surface area contributed by atoms with Crippen LogP contribution in [0, 0.1) is 0 Å². The van der Waals surface area contributed by atoms with Crippen molar-refractivity contribution >= 4 is 5.97 Å². The van der Waals surface area contributed by atoms with Crippen molar-refractivity contribution in [3.63, 3.8) is 0 Å². The molecule has 0 aliphatic carbocycles. The minimum atomic E-state index is -0.668. The van der Waals surface area contributed by atoms with Gasteiger partial charge in [0, 0.05) is 6.42 Å². The van der Waals surface area contributed by atoms with Crippen molar-refractivity contribution in [1.82, 2.24) is 0 Å². The van der Waals surface area contributed by atoms with Gasteiger partial charge in [-0.1, -0.05) is 44.2 Å². The highest BCUT2D eigenvalue weighted by Crippen LogP contribution is 2.36. The second kappa shape index (κ2) is 6.37. The van der Waals surface area contributed by atoms with Crippen molar-refractivity contribution in [3.8, 4) is 0 Å². The first kappa shape index (κ1) is 15.0. The van der Waals surface area contributed by atoms with E-state index in [4.69, 9.17) is 14.2 Å². The van der Waals surface area contributed by atoms with Crippen molar-refractivity contribution in [2.75, 3.05) is 7.11 Å². The molecule has 4 nitrogen and oxygen atoms in total. The number of benzene rings is 1. The number of carbonyl (C=O) groups excluding carboxylic acids is 1. The average molecular weight is 278 g/mol. The summed E-state index contributed by atoms with van der Waals surface area (Å²) in [6.45, 7) is 4.01. The van der Waals surface area contributed by atoms with Gasteiger partial charge >= 0.3 is 5.97 Å². The third kappa shape index (κ3) is 3.02. The van der Waals surface area contributed by atoms with Crippen LogP contribution >= 0.6 is 0 Å². The maximum atomic E-state index is 11.9. The van der Waals surface area contributed by atoms with Crippen molar-refractivity contribution in [1.29, 1.82) is 0 Å². The Morgan fingerprint density at radius 3 is 2.40 bits per heavy atom. The van der Waals surface area contributed by atoms with Gasteiger partial charge in [-0.3, -0.25) is 0 Å². The lowest BCUT2D eigenvalue weighted by molar-refractivity contribution is -0.187. The van der Waals surface area contributed by atoms with Gasteiger partial charge in [0.2, 0.25) is 0 Å². The van der Waals surface area contributed by atoms with Crippen molar-refractivity contribution in [2.24, 2.45) is 0 Å². The largest absolute Gasteiger partial charge is 0.467 e. The first-order valence-electron chi connectivity index (χ1n) is 7.11. The second-order valence-electron chi connectivity index (χ2n) is 5.03. The lowest BCUT2D eigenvalue weighted by Gasteiger charge is -2.24. The Morgan fingerprint density at radius 1 is 1.20 bits per heavy atom. The summed E-state index contributed by atoms with van der Waals surface area (Å²) < 4.78 is 16.8. The summed E-state index contributed by atoms with van der Waals surface area (Å²) in [5.74, 6) is -1.03. The number of methoxy groups -OCH3 is 1. The van der Waals surface area contributed by atoms with E-state index in [9.17, 15) is 4.79 Å². The maximum absolute atomic E-state index is 11.9. The first-order chi connectivity index (χ1) is 9.64. The molecule has 1 aliphatic heterocycles. The predicted octanol–water partition coefficient (Wildman–Crippen LogP) is 2.70. The van der Waals surface area contributed by atoms with Gasteiger partial charge in [-0.2, -0.15) is 0 Å². The molecule has 0 unspecified atom stereocenters. The molecule has 4 heteroatoms. The lowest BCUT2D eigenvalue weighted by atomic mass is 10.0. The van der Waals surface area contributed by atoms with Gasteiger partial charge in [-0.05, 0) is 18.4 Å². The summed E-state index contributed by atoms with van der Waals surface area (Å²) in [5.41, 5.74) is 1.12. The molecule has 1 fully saturated rings. The molecule has 0 bridgehead atoms. The number of ether oxygens (including phenoxy) is 3. The molecule has 0 saturated carbocycles. The first-order valence-corrected chi connectivity index (χ1v) is 7.11. The fourth-order valence-electron chi connectivity index (χ4n) is 2.57. The number of hydrogen-bond donors (Lipinski definition) is 0. The Morgan fingerprint density at radius 2 is 1.85 bits per heavy atom. The van der Waals surface area contributed by atoms with Crippen molar-refractivity contribution in [3.05, 3.63) is 35.9 Å². The average Bonchev–Trinajstić information content (AvgIpc) is 2.87. The highest BCUT2D eigenvalue weighted by molar-refractivity contribution is 5.75. The molecule has 0 aromatic heterocycles. The van der Waals surface area contributed by atoms with Crippen LogP contribution in [-0.2, 0) is 25.4 Å². The van der Waals surface area contributed by atoms with E-state index in [0.717, 1.165) is 5.56 Å². The third-order valence-electron chi connectivity index (χ3n) is 3.84. The van der Waals surface area contributed by atoms with Gasteiger partial charge in [0.25, 0.3) is 0 Å². The van der Waals surface area contributed by atoms with Crippen LogP contribution in [0.1, 0.15) is 32.3 Å². The number of esters is 1. The summed E-state index contributed by atoms with van der Waals surface area (Å²) >= 11 is 0. The Kier molecular flexibility index (Phi) is 4.78. The van der Waals surface area contributed by atoms with E-state index in [-0.39, 0.29) is 12.1 Å². The zero-order valence-electron chi connectivity index (χ0n) is 12.3. The second-order valence-corrected chi connectivity index (χ2v) is 5.03. The molecular formula is C16H22O4. The monoisotopic (exact) mass is 278 g/mol. The van der Waals surface area contributed by atoms with E-state index in [2.05, 4.69) is 0 Å². The smallest absolute Gasteiger partial charge is 0.337 e. The molecule has 1 aliphatic rings. The normalized spacial score (nSPS) is 24.6. The molecule has 2 atom stereocenters. The highest BCUT2D eigenvalue weighted by Gasteiger charge is 2.48. The molecule has 1 saturated heterocycles. The van der Waals surface area contributed by atoms with Crippen LogP contribution in [0.25, 0.3) is 0 Å². The zero-order valence-corrected chi connectivity index (χ0v) is 12.3. The van der Waals surface area contributed by atoms with E-state index >= 15 is 0 Å². The van der Waals surface area contributed by atoms with E-state index in [1.54, 1.807) is 0 Å². The van der Waals surface area contributed by atoms with Gasteiger partial charge in [0.15, 0.2) is 11.9 Å². The van der Waals surface area contributed by atoms with Crippen LogP contribution < -0.4 is 0 Å². The number of hydrogen-bond acceptors (Lipinski definition) is 4. The van der Waals surface area contributed by atoms with Gasteiger partial charge in [0.1, 0.15) is 6.10 Å². The summed E-state index contributed by atoms with van der Waals surface area (Å²) in [7, 11) is 1.38. The summed E-state index contributed by atoms with van der Waals surface area (Å²) in [6.07, 6.45) is 1.11. The Balaban J connectivity index is 2.17. The number of carbonyl (C=O) groups is 1. The predicted molar refractivity (Wildman–Crippen MR) is 75.2 cm³/mol. The quantitative estimate of drug-likeness (QED) is 0.777. The van der Waals surface area contributed by atoms with Crippen molar-refractivity contribution < 1.29 is 19.0 Å². The molecule has 0 spiro atoms. The van der Waals surface area contributed by atoms with E-state index in [0.29, 0.717) is 19.3 Å². The molecule has 110 valence electrons. The molecule has 0 N–H and O–H groups in total. The zero-order chi connectivity index (χ0) is 14.6. The molecule has 0 amide bonds. The minimum absolute atomic E-state index is 0.301. The molecule has 1 heterocycles. The van der Waals surface area contributed by atoms with Crippen LogP contribution in [-0.4, -0.2) is 31.1 Å². The van der Waals surface area contributed by atoms with Crippen LogP contribution in [0.2, 0.25) is 0 Å². The maximum Gasteiger partial charge on any atom is 0.337 e. The van der Waals surface area contributed by atoms with Crippen LogP contribution in [0.15, 0.2) is 30.3 Å². The topological polar surface area (TPSA) is 44.8 Å².